The molecule has 0 saturated heterocycles. The summed E-state index contributed by atoms with van der Waals surface area (Å²) in [5, 5.41) is 2.90. The van der Waals surface area contributed by atoms with Gasteiger partial charge in [0, 0.05) is 6.54 Å². The van der Waals surface area contributed by atoms with Crippen molar-refractivity contribution in [3.63, 3.8) is 0 Å². The zero-order valence-electron chi connectivity index (χ0n) is 6.29. The highest BCUT2D eigenvalue weighted by Gasteiger charge is 1.94. The number of hydrogen-bond donors (Lipinski definition) is 1. The Balaban J connectivity index is 3.83. The van der Waals surface area contributed by atoms with Gasteiger partial charge < -0.3 is 5.32 Å². The smallest absolute Gasteiger partial charge is 0.112 e. The van der Waals surface area contributed by atoms with Crippen molar-refractivity contribution in [3.05, 3.63) is 11.1 Å². The molecular formula is C7H14FN. The Hall–Kier alpha value is -0.370. The normalized spacial score (nSPS) is 9.33. The summed E-state index contributed by atoms with van der Waals surface area (Å²) < 4.78 is 12.0. The third-order valence-corrected chi connectivity index (χ3v) is 1.26. The average molecular weight is 131 g/mol. The highest BCUT2D eigenvalue weighted by molar-refractivity contribution is 5.11. The number of nitrogens with one attached hydrogen (secondary N) is 1. The summed E-state index contributed by atoms with van der Waals surface area (Å²) in [5.41, 5.74) is 1.93. The van der Waals surface area contributed by atoms with Crippen LogP contribution in [0.1, 0.15) is 13.8 Å². The van der Waals surface area contributed by atoms with Gasteiger partial charge in [0.1, 0.15) is 6.67 Å². The second kappa shape index (κ2) is 4.50. The number of halogens is 1. The van der Waals surface area contributed by atoms with Gasteiger partial charge in [-0.15, -0.1) is 0 Å². The van der Waals surface area contributed by atoms with E-state index in [9.17, 15) is 4.39 Å². The van der Waals surface area contributed by atoms with Crippen LogP contribution in [0, 0.1) is 0 Å². The monoisotopic (exact) mass is 131 g/mol. The van der Waals surface area contributed by atoms with E-state index in [1.807, 2.05) is 20.9 Å². The highest BCUT2D eigenvalue weighted by Crippen LogP contribution is 2.01. The lowest BCUT2D eigenvalue weighted by Gasteiger charge is -2.02. The van der Waals surface area contributed by atoms with Crippen LogP contribution >= 0.6 is 0 Å². The fourth-order valence-electron chi connectivity index (χ4n) is 0.571. The van der Waals surface area contributed by atoms with Gasteiger partial charge >= 0.3 is 0 Å². The summed E-state index contributed by atoms with van der Waals surface area (Å²) in [6.07, 6.45) is 0. The van der Waals surface area contributed by atoms with E-state index in [0.29, 0.717) is 6.54 Å². The van der Waals surface area contributed by atoms with Crippen molar-refractivity contribution in [2.45, 2.75) is 13.8 Å². The molecule has 0 saturated carbocycles. The second-order valence-corrected chi connectivity index (χ2v) is 2.27. The lowest BCUT2D eigenvalue weighted by atomic mass is 10.2. The van der Waals surface area contributed by atoms with Crippen LogP contribution in [0.4, 0.5) is 4.39 Å². The van der Waals surface area contributed by atoms with Gasteiger partial charge in [-0.3, -0.25) is 0 Å². The second-order valence-electron chi connectivity index (χ2n) is 2.27. The molecule has 0 amide bonds. The zero-order valence-corrected chi connectivity index (χ0v) is 6.29. The molecule has 0 aromatic heterocycles. The number of rotatable bonds is 3. The van der Waals surface area contributed by atoms with Crippen LogP contribution in [-0.2, 0) is 0 Å². The van der Waals surface area contributed by atoms with Crippen LogP contribution in [0.3, 0.4) is 0 Å². The molecule has 2 heteroatoms. The van der Waals surface area contributed by atoms with Crippen LogP contribution < -0.4 is 5.32 Å². The van der Waals surface area contributed by atoms with Crippen molar-refractivity contribution in [1.82, 2.24) is 5.32 Å². The minimum absolute atomic E-state index is 0.330. The van der Waals surface area contributed by atoms with Crippen LogP contribution in [-0.4, -0.2) is 20.3 Å². The Bertz CT molecular complexity index is 103. The number of likely N-dealkylation sites (N-methyl/N-ethyl adjacent to an activating group) is 1. The van der Waals surface area contributed by atoms with Crippen LogP contribution in [0.25, 0.3) is 0 Å². The molecule has 0 aromatic carbocycles. The van der Waals surface area contributed by atoms with Gasteiger partial charge in [-0.05, 0) is 26.5 Å². The molecule has 0 aliphatic carbocycles. The van der Waals surface area contributed by atoms with E-state index in [1.165, 1.54) is 0 Å². The van der Waals surface area contributed by atoms with Gasteiger partial charge in [0.25, 0.3) is 0 Å². The fourth-order valence-corrected chi connectivity index (χ4v) is 0.571. The maximum Gasteiger partial charge on any atom is 0.112 e. The Morgan fingerprint density at radius 1 is 1.44 bits per heavy atom. The van der Waals surface area contributed by atoms with E-state index in [4.69, 9.17) is 0 Å². The predicted octanol–water partition coefficient (Wildman–Crippen LogP) is 1.51. The summed E-state index contributed by atoms with van der Waals surface area (Å²) in [6.45, 7) is 4.18. The lowest BCUT2D eigenvalue weighted by molar-refractivity contribution is 0.529. The molecule has 0 bridgehead atoms. The highest BCUT2D eigenvalue weighted by atomic mass is 19.1. The topological polar surface area (TPSA) is 12.0 Å². The molecule has 0 radical (unpaired) electrons. The van der Waals surface area contributed by atoms with E-state index in [1.54, 1.807) is 0 Å². The first-order valence-electron chi connectivity index (χ1n) is 3.08. The first-order chi connectivity index (χ1) is 4.22. The molecule has 0 aliphatic rings. The van der Waals surface area contributed by atoms with Gasteiger partial charge in [0.15, 0.2) is 0 Å². The number of alkyl halides is 1. The van der Waals surface area contributed by atoms with Crippen molar-refractivity contribution in [2.24, 2.45) is 0 Å². The first-order valence-corrected chi connectivity index (χ1v) is 3.08. The Morgan fingerprint density at radius 2 is 2.00 bits per heavy atom. The largest absolute Gasteiger partial charge is 0.316 e. The Morgan fingerprint density at radius 3 is 2.11 bits per heavy atom. The molecule has 0 aliphatic heterocycles. The summed E-state index contributed by atoms with van der Waals surface area (Å²) in [7, 11) is 1.82. The standard InChI is InChI=1S/C7H14FN/c1-6(2)7(4-8)5-9-3/h9H,4-5H2,1-3H3. The molecule has 1 nitrogen and oxygen atoms in total. The van der Waals surface area contributed by atoms with E-state index in [2.05, 4.69) is 5.32 Å². The maximum atomic E-state index is 12.0. The van der Waals surface area contributed by atoms with Gasteiger partial charge in [-0.2, -0.15) is 0 Å². The molecule has 0 heterocycles. The summed E-state index contributed by atoms with van der Waals surface area (Å²) in [6, 6.07) is 0. The van der Waals surface area contributed by atoms with Crippen molar-refractivity contribution >= 4 is 0 Å². The predicted molar refractivity (Wildman–Crippen MR) is 38.3 cm³/mol. The molecule has 0 aromatic rings. The van der Waals surface area contributed by atoms with Crippen molar-refractivity contribution in [2.75, 3.05) is 20.3 Å². The molecule has 54 valence electrons. The quantitative estimate of drug-likeness (QED) is 0.572. The molecule has 1 N–H and O–H groups in total. The van der Waals surface area contributed by atoms with Crippen LogP contribution in [0.15, 0.2) is 11.1 Å². The zero-order chi connectivity index (χ0) is 7.28. The van der Waals surface area contributed by atoms with E-state index >= 15 is 0 Å². The first kappa shape index (κ1) is 8.63. The molecule has 0 spiro atoms. The minimum Gasteiger partial charge on any atom is -0.316 e. The van der Waals surface area contributed by atoms with E-state index < -0.39 is 0 Å². The molecule has 0 fully saturated rings. The van der Waals surface area contributed by atoms with Crippen molar-refractivity contribution < 1.29 is 4.39 Å². The minimum atomic E-state index is -0.330. The van der Waals surface area contributed by atoms with Gasteiger partial charge in [0.2, 0.25) is 0 Å². The van der Waals surface area contributed by atoms with E-state index in [0.717, 1.165) is 11.1 Å². The van der Waals surface area contributed by atoms with Gasteiger partial charge in [0.05, 0.1) is 0 Å². The molecule has 0 atom stereocenters. The van der Waals surface area contributed by atoms with Crippen molar-refractivity contribution in [1.29, 1.82) is 0 Å². The summed E-state index contributed by atoms with van der Waals surface area (Å²) >= 11 is 0. The Kier molecular flexibility index (Phi) is 4.32. The van der Waals surface area contributed by atoms with Crippen LogP contribution in [0.5, 0.6) is 0 Å². The third kappa shape index (κ3) is 3.25. The number of allylic oxidation sites excluding steroid dienone is 1. The number of hydrogen-bond acceptors (Lipinski definition) is 1. The van der Waals surface area contributed by atoms with Gasteiger partial charge in [-0.25, -0.2) is 4.39 Å². The SMILES string of the molecule is CNCC(CF)=C(C)C. The fraction of sp³-hybridized carbons (Fsp3) is 0.714. The van der Waals surface area contributed by atoms with Crippen LogP contribution in [0.2, 0.25) is 0 Å². The lowest BCUT2D eigenvalue weighted by Crippen LogP contribution is -2.12. The average Bonchev–Trinajstić information content (AvgIpc) is 1.82. The Labute approximate surface area is 56.0 Å². The molecular weight excluding hydrogens is 117 g/mol. The molecule has 9 heavy (non-hydrogen) atoms. The maximum absolute atomic E-state index is 12.0. The van der Waals surface area contributed by atoms with Gasteiger partial charge in [-0.1, -0.05) is 5.57 Å². The van der Waals surface area contributed by atoms with E-state index in [-0.39, 0.29) is 6.67 Å². The van der Waals surface area contributed by atoms with Crippen molar-refractivity contribution in [3.8, 4) is 0 Å². The third-order valence-electron chi connectivity index (χ3n) is 1.26. The molecule has 0 rings (SSSR count). The summed E-state index contributed by atoms with van der Waals surface area (Å²) in [4.78, 5) is 0. The molecule has 0 unspecified atom stereocenters. The summed E-state index contributed by atoms with van der Waals surface area (Å²) in [5.74, 6) is 0.